The third-order valence-electron chi connectivity index (χ3n) is 8.27. The summed E-state index contributed by atoms with van der Waals surface area (Å²) in [6, 6.07) is 5.39. The molecule has 0 N–H and O–H groups in total. The van der Waals surface area contributed by atoms with E-state index in [2.05, 4.69) is 44.2 Å². The summed E-state index contributed by atoms with van der Waals surface area (Å²) in [5, 5.41) is 14.2. The number of pyridine rings is 1. The highest BCUT2D eigenvalue weighted by Crippen LogP contribution is 2.36. The van der Waals surface area contributed by atoms with Crippen LogP contribution in [0.15, 0.2) is 53.6 Å². The van der Waals surface area contributed by atoms with Crippen molar-refractivity contribution in [2.24, 2.45) is 4.99 Å². The lowest BCUT2D eigenvalue weighted by Crippen LogP contribution is -2.69. The van der Waals surface area contributed by atoms with E-state index in [1.807, 2.05) is 24.8 Å². The van der Waals surface area contributed by atoms with E-state index in [0.29, 0.717) is 30.9 Å². The number of nitriles is 1. The first-order valence-corrected chi connectivity index (χ1v) is 13.5. The van der Waals surface area contributed by atoms with Crippen molar-refractivity contribution in [1.82, 2.24) is 24.5 Å². The zero-order valence-electron chi connectivity index (χ0n) is 21.9. The van der Waals surface area contributed by atoms with Gasteiger partial charge in [0.2, 0.25) is 0 Å². The van der Waals surface area contributed by atoms with Gasteiger partial charge >= 0.3 is 0 Å². The van der Waals surface area contributed by atoms with E-state index < -0.39 is 0 Å². The average Bonchev–Trinajstić information content (AvgIpc) is 3.43. The number of nitrogens with zero attached hydrogens (tertiary/aromatic N) is 8. The highest BCUT2D eigenvalue weighted by atomic mass is 16.5. The van der Waals surface area contributed by atoms with Crippen LogP contribution < -0.4 is 4.90 Å². The Balaban J connectivity index is 1.10. The number of fused-ring (bicyclic) bond motifs is 3. The Labute approximate surface area is 226 Å². The van der Waals surface area contributed by atoms with E-state index in [-0.39, 0.29) is 6.23 Å². The molecule has 198 valence electrons. The molecule has 0 amide bonds. The fourth-order valence-corrected chi connectivity index (χ4v) is 6.14. The number of piperidine rings is 1. The van der Waals surface area contributed by atoms with Crippen LogP contribution in [0.1, 0.15) is 30.4 Å². The molecule has 2 bridgehead atoms. The molecule has 3 atom stereocenters. The maximum atomic E-state index is 9.71. The molecule has 3 saturated heterocycles. The van der Waals surface area contributed by atoms with Gasteiger partial charge < -0.3 is 14.4 Å². The van der Waals surface area contributed by atoms with Crippen LogP contribution in [-0.2, 0) is 9.47 Å². The first-order chi connectivity index (χ1) is 19.2. The lowest BCUT2D eigenvalue weighted by Gasteiger charge is -2.56. The summed E-state index contributed by atoms with van der Waals surface area (Å²) in [5.41, 5.74) is 6.42. The number of ether oxygens (including phenoxy) is 2. The van der Waals surface area contributed by atoms with Gasteiger partial charge in [-0.05, 0) is 35.6 Å². The van der Waals surface area contributed by atoms with Crippen LogP contribution in [0.25, 0.3) is 22.3 Å². The van der Waals surface area contributed by atoms with Gasteiger partial charge in [-0.1, -0.05) is 12.2 Å². The minimum atomic E-state index is -0.0420. The van der Waals surface area contributed by atoms with Gasteiger partial charge in [0, 0.05) is 63.2 Å². The summed E-state index contributed by atoms with van der Waals surface area (Å²) in [4.78, 5) is 19.1. The van der Waals surface area contributed by atoms with Crippen molar-refractivity contribution >= 4 is 23.1 Å². The number of hydrogen-bond donors (Lipinski definition) is 0. The Bertz CT molecular complexity index is 1520. The minimum Gasteiger partial charge on any atom is -0.377 e. The molecular formula is C29H30N8O2. The quantitative estimate of drug-likeness (QED) is 0.487. The number of aromatic nitrogens is 4. The number of piperazine rings is 1. The molecule has 0 radical (unpaired) electrons. The van der Waals surface area contributed by atoms with Crippen molar-refractivity contribution in [3.05, 3.63) is 59.7 Å². The van der Waals surface area contributed by atoms with Gasteiger partial charge in [0.05, 0.1) is 48.6 Å². The van der Waals surface area contributed by atoms with Crippen molar-refractivity contribution in [1.29, 1.82) is 5.26 Å². The molecule has 3 unspecified atom stereocenters. The lowest BCUT2D eigenvalue weighted by atomic mass is 9.86. The molecule has 5 aliphatic rings. The Morgan fingerprint density at radius 3 is 2.74 bits per heavy atom. The second kappa shape index (κ2) is 10.0. The van der Waals surface area contributed by atoms with Crippen LogP contribution in [0.2, 0.25) is 0 Å². The second-order valence-corrected chi connectivity index (χ2v) is 10.5. The molecule has 0 aromatic carbocycles. The predicted molar refractivity (Wildman–Crippen MR) is 147 cm³/mol. The highest BCUT2D eigenvalue weighted by molar-refractivity contribution is 5.85. The number of hydrogen-bond acceptors (Lipinski definition) is 9. The number of methoxy groups -OCH3 is 1. The summed E-state index contributed by atoms with van der Waals surface area (Å²) in [6.45, 7) is 4.12. The summed E-state index contributed by atoms with van der Waals surface area (Å²) in [6.07, 6.45) is 16.5. The molecule has 0 aliphatic carbocycles. The van der Waals surface area contributed by atoms with Crippen molar-refractivity contribution in [3.63, 3.8) is 0 Å². The summed E-state index contributed by atoms with van der Waals surface area (Å²) in [7, 11) is 1.70. The molecule has 8 rings (SSSR count). The molecule has 5 aliphatic heterocycles. The normalized spacial score (nSPS) is 24.7. The van der Waals surface area contributed by atoms with Crippen molar-refractivity contribution < 1.29 is 9.47 Å². The maximum Gasteiger partial charge on any atom is 0.151 e. The first kappa shape index (κ1) is 24.2. The van der Waals surface area contributed by atoms with E-state index in [9.17, 15) is 5.26 Å². The largest absolute Gasteiger partial charge is 0.377 e. The van der Waals surface area contributed by atoms with Gasteiger partial charge in [0.1, 0.15) is 11.9 Å². The molecule has 3 aromatic heterocycles. The van der Waals surface area contributed by atoms with Crippen LogP contribution >= 0.6 is 0 Å². The van der Waals surface area contributed by atoms with Crippen LogP contribution in [0, 0.1) is 11.3 Å². The molecule has 8 heterocycles. The molecule has 3 aromatic rings. The summed E-state index contributed by atoms with van der Waals surface area (Å²) >= 11 is 0. The van der Waals surface area contributed by atoms with E-state index in [0.717, 1.165) is 60.6 Å². The van der Waals surface area contributed by atoms with Gasteiger partial charge in [-0.3, -0.25) is 14.9 Å². The monoisotopic (exact) mass is 522 g/mol. The zero-order chi connectivity index (χ0) is 26.3. The van der Waals surface area contributed by atoms with Crippen LogP contribution in [-0.4, -0.2) is 89.0 Å². The number of aliphatic imine (C=N–C) groups is 1. The molecule has 39 heavy (non-hydrogen) atoms. The van der Waals surface area contributed by atoms with Gasteiger partial charge in [-0.25, -0.2) is 9.50 Å². The fourth-order valence-electron chi connectivity index (χ4n) is 6.14. The molecule has 10 nitrogen and oxygen atoms in total. The van der Waals surface area contributed by atoms with Gasteiger partial charge in [-0.2, -0.15) is 10.4 Å². The standard InChI is InChI=1S/C29H30N8O2/c1-38-28-3-2-19(11-33-28)15-36-23-9-24(36)18-35(17-23)27-14-31-26(13-32-27)25-8-21(20-4-6-39-7-5-20)16-37-29(25)22(10-30)12-34-37/h2,4,8,11-14,16,23-24,28H,3,5-7,9,15,17-18H2,1H3. The Kier molecular flexibility index (Phi) is 6.19. The molecule has 0 saturated carbocycles. The van der Waals surface area contributed by atoms with Gasteiger partial charge in [-0.15, -0.1) is 0 Å². The van der Waals surface area contributed by atoms with E-state index in [1.54, 1.807) is 17.8 Å². The van der Waals surface area contributed by atoms with Crippen molar-refractivity contribution in [2.75, 3.05) is 44.9 Å². The lowest BCUT2D eigenvalue weighted by molar-refractivity contribution is 0.00902. The molecular weight excluding hydrogens is 492 g/mol. The minimum absolute atomic E-state index is 0.0420. The number of dihydropyridines is 1. The summed E-state index contributed by atoms with van der Waals surface area (Å²) < 4.78 is 12.6. The fraction of sp³-hybridized carbons (Fsp3) is 0.414. The van der Waals surface area contributed by atoms with E-state index >= 15 is 0 Å². The topological polar surface area (TPSA) is 104 Å². The Morgan fingerprint density at radius 2 is 2.05 bits per heavy atom. The van der Waals surface area contributed by atoms with E-state index in [1.165, 1.54) is 17.6 Å². The summed E-state index contributed by atoms with van der Waals surface area (Å²) in [5.74, 6) is 0.891. The third-order valence-corrected chi connectivity index (χ3v) is 8.27. The van der Waals surface area contributed by atoms with Gasteiger partial charge in [0.25, 0.3) is 0 Å². The zero-order valence-corrected chi connectivity index (χ0v) is 21.9. The molecule has 0 spiro atoms. The smallest absolute Gasteiger partial charge is 0.151 e. The van der Waals surface area contributed by atoms with Crippen LogP contribution in [0.3, 0.4) is 0 Å². The van der Waals surface area contributed by atoms with Crippen LogP contribution in [0.4, 0.5) is 5.82 Å². The Hall–Kier alpha value is -3.91. The number of rotatable bonds is 6. The Morgan fingerprint density at radius 1 is 1.15 bits per heavy atom. The van der Waals surface area contributed by atoms with E-state index in [4.69, 9.17) is 19.4 Å². The second-order valence-electron chi connectivity index (χ2n) is 10.5. The third kappa shape index (κ3) is 4.42. The SMILES string of the molecule is COC1CC=C(CN2C3CC2CN(c2cnc(-c4cc(C5=CCOCC5)cn5ncc(C#N)c45)cn2)C3)C=N1. The molecule has 3 fully saturated rings. The number of anilines is 1. The van der Waals surface area contributed by atoms with Crippen molar-refractivity contribution in [3.8, 4) is 17.3 Å². The van der Waals surface area contributed by atoms with Gasteiger partial charge in [0.15, 0.2) is 6.23 Å². The van der Waals surface area contributed by atoms with Crippen LogP contribution in [0.5, 0.6) is 0 Å². The predicted octanol–water partition coefficient (Wildman–Crippen LogP) is 3.10. The molecule has 10 heteroatoms. The first-order valence-electron chi connectivity index (χ1n) is 13.5. The highest BCUT2D eigenvalue weighted by Gasteiger charge is 2.45. The van der Waals surface area contributed by atoms with Crippen molar-refractivity contribution in [2.45, 2.75) is 37.6 Å². The average molecular weight is 523 g/mol. The maximum absolute atomic E-state index is 9.71.